The van der Waals surface area contributed by atoms with Gasteiger partial charge in [0.25, 0.3) is 0 Å². The molecule has 1 saturated heterocycles. The topological polar surface area (TPSA) is 46.3 Å². The molecule has 3 fully saturated rings. The predicted molar refractivity (Wildman–Crippen MR) is 71.9 cm³/mol. The Kier molecular flexibility index (Phi) is 3.35. The van der Waals surface area contributed by atoms with Gasteiger partial charge in [-0.15, -0.1) is 0 Å². The van der Waals surface area contributed by atoms with Crippen molar-refractivity contribution >= 4 is 5.91 Å². The van der Waals surface area contributed by atoms with E-state index in [4.69, 9.17) is 5.73 Å². The first-order valence-electron chi connectivity index (χ1n) is 7.74. The van der Waals surface area contributed by atoms with Gasteiger partial charge in [0.05, 0.1) is 0 Å². The Morgan fingerprint density at radius 1 is 1.17 bits per heavy atom. The lowest BCUT2D eigenvalue weighted by Crippen LogP contribution is -2.52. The summed E-state index contributed by atoms with van der Waals surface area (Å²) in [5, 5.41) is 0. The van der Waals surface area contributed by atoms with E-state index in [1.165, 1.54) is 32.1 Å². The van der Waals surface area contributed by atoms with E-state index in [0.717, 1.165) is 24.8 Å². The van der Waals surface area contributed by atoms with Crippen molar-refractivity contribution in [1.29, 1.82) is 0 Å². The lowest BCUT2D eigenvalue weighted by molar-refractivity contribution is -0.138. The molecule has 3 aliphatic rings. The summed E-state index contributed by atoms with van der Waals surface area (Å²) in [7, 11) is 0. The van der Waals surface area contributed by atoms with Gasteiger partial charge in [-0.2, -0.15) is 0 Å². The summed E-state index contributed by atoms with van der Waals surface area (Å²) in [6, 6.07) is 0.300. The van der Waals surface area contributed by atoms with Crippen LogP contribution in [0.4, 0.5) is 0 Å². The van der Waals surface area contributed by atoms with Crippen LogP contribution in [0.5, 0.6) is 0 Å². The Morgan fingerprint density at radius 3 is 2.44 bits per heavy atom. The number of piperidine rings is 1. The van der Waals surface area contributed by atoms with Crippen molar-refractivity contribution < 1.29 is 4.79 Å². The summed E-state index contributed by atoms with van der Waals surface area (Å²) in [5.41, 5.74) is 5.90. The van der Waals surface area contributed by atoms with E-state index in [0.29, 0.717) is 30.3 Å². The van der Waals surface area contributed by atoms with E-state index >= 15 is 0 Å². The number of nitrogens with two attached hydrogens (primary N) is 1. The lowest BCUT2D eigenvalue weighted by atomic mass is 9.90. The van der Waals surface area contributed by atoms with Crippen LogP contribution in [-0.2, 0) is 4.79 Å². The minimum Gasteiger partial charge on any atom is -0.338 e. The molecule has 1 amide bonds. The number of amides is 1. The summed E-state index contributed by atoms with van der Waals surface area (Å²) < 4.78 is 0. The van der Waals surface area contributed by atoms with Crippen molar-refractivity contribution in [2.75, 3.05) is 13.1 Å². The maximum atomic E-state index is 12.7. The summed E-state index contributed by atoms with van der Waals surface area (Å²) in [4.78, 5) is 14.8. The number of likely N-dealkylation sites (tertiary alicyclic amines) is 1. The van der Waals surface area contributed by atoms with Crippen molar-refractivity contribution in [2.45, 2.75) is 51.5 Å². The van der Waals surface area contributed by atoms with E-state index in [2.05, 4.69) is 11.8 Å². The quantitative estimate of drug-likeness (QED) is 0.815. The highest BCUT2D eigenvalue weighted by Crippen LogP contribution is 2.56. The molecule has 1 aliphatic heterocycles. The van der Waals surface area contributed by atoms with E-state index in [-0.39, 0.29) is 0 Å². The highest BCUT2D eigenvalue weighted by Gasteiger charge is 2.56. The van der Waals surface area contributed by atoms with Crippen LogP contribution in [0.15, 0.2) is 0 Å². The first-order valence-corrected chi connectivity index (χ1v) is 7.74. The van der Waals surface area contributed by atoms with Crippen molar-refractivity contribution in [1.82, 2.24) is 4.90 Å². The second-order valence-electron chi connectivity index (χ2n) is 6.59. The van der Waals surface area contributed by atoms with Crippen LogP contribution in [0.3, 0.4) is 0 Å². The molecule has 4 unspecified atom stereocenters. The zero-order valence-electron chi connectivity index (χ0n) is 11.5. The zero-order chi connectivity index (χ0) is 12.7. The zero-order valence-corrected chi connectivity index (χ0v) is 11.5. The lowest BCUT2D eigenvalue weighted by Gasteiger charge is -2.39. The molecule has 0 bridgehead atoms. The van der Waals surface area contributed by atoms with E-state index in [1.54, 1.807) is 0 Å². The number of carbonyl (C=O) groups is 1. The third-order valence-corrected chi connectivity index (χ3v) is 5.58. The molecule has 4 atom stereocenters. The van der Waals surface area contributed by atoms with E-state index in [9.17, 15) is 4.79 Å². The summed E-state index contributed by atoms with van der Waals surface area (Å²) in [6.07, 6.45) is 7.63. The first-order chi connectivity index (χ1) is 8.74. The van der Waals surface area contributed by atoms with Gasteiger partial charge in [0.1, 0.15) is 0 Å². The normalized spacial score (nSPS) is 43.4. The number of fused-ring (bicyclic) bond motifs is 1. The molecule has 2 saturated carbocycles. The summed E-state index contributed by atoms with van der Waals surface area (Å²) >= 11 is 0. The van der Waals surface area contributed by atoms with Gasteiger partial charge in [0.15, 0.2) is 0 Å². The van der Waals surface area contributed by atoms with Crippen molar-refractivity contribution in [3.63, 3.8) is 0 Å². The van der Waals surface area contributed by atoms with Gasteiger partial charge in [-0.25, -0.2) is 0 Å². The molecule has 0 aromatic carbocycles. The molecular formula is C15H26N2O. The molecule has 102 valence electrons. The van der Waals surface area contributed by atoms with Crippen molar-refractivity contribution in [3.8, 4) is 0 Å². The van der Waals surface area contributed by atoms with Crippen LogP contribution in [0.1, 0.15) is 45.4 Å². The van der Waals surface area contributed by atoms with Crippen LogP contribution in [0, 0.1) is 23.7 Å². The molecule has 3 heteroatoms. The Morgan fingerprint density at radius 2 is 1.83 bits per heavy atom. The summed E-state index contributed by atoms with van der Waals surface area (Å²) in [5.74, 6) is 2.83. The maximum absolute atomic E-state index is 12.7. The molecular weight excluding hydrogens is 224 g/mol. The smallest absolute Gasteiger partial charge is 0.226 e. The van der Waals surface area contributed by atoms with Crippen molar-refractivity contribution in [3.05, 3.63) is 0 Å². The molecule has 2 N–H and O–H groups in total. The Hall–Kier alpha value is -0.570. The van der Waals surface area contributed by atoms with Gasteiger partial charge in [0, 0.05) is 25.0 Å². The molecule has 18 heavy (non-hydrogen) atoms. The van der Waals surface area contributed by atoms with Gasteiger partial charge in [0.2, 0.25) is 5.91 Å². The van der Waals surface area contributed by atoms with Gasteiger partial charge >= 0.3 is 0 Å². The number of hydrogen-bond acceptors (Lipinski definition) is 2. The molecule has 1 heterocycles. The van der Waals surface area contributed by atoms with E-state index in [1.807, 2.05) is 0 Å². The number of hydrogen-bond donors (Lipinski definition) is 1. The van der Waals surface area contributed by atoms with Gasteiger partial charge < -0.3 is 10.6 Å². The van der Waals surface area contributed by atoms with E-state index < -0.39 is 0 Å². The number of carbonyl (C=O) groups excluding carboxylic acids is 1. The third-order valence-electron chi connectivity index (χ3n) is 5.58. The van der Waals surface area contributed by atoms with Crippen LogP contribution in [0.25, 0.3) is 0 Å². The summed E-state index contributed by atoms with van der Waals surface area (Å²) in [6.45, 7) is 3.83. The molecule has 2 aliphatic carbocycles. The first kappa shape index (κ1) is 12.5. The van der Waals surface area contributed by atoms with Gasteiger partial charge in [-0.1, -0.05) is 19.8 Å². The van der Waals surface area contributed by atoms with Crippen molar-refractivity contribution in [2.24, 2.45) is 29.4 Å². The average Bonchev–Trinajstić information content (AvgIpc) is 3.12. The van der Waals surface area contributed by atoms with Crippen LogP contribution in [0.2, 0.25) is 0 Å². The number of rotatable bonds is 2. The fraction of sp³-hybridized carbons (Fsp3) is 0.933. The molecule has 0 aromatic heterocycles. The average molecular weight is 250 g/mol. The van der Waals surface area contributed by atoms with Gasteiger partial charge in [-0.05, 0) is 43.4 Å². The van der Waals surface area contributed by atoms with Crippen LogP contribution >= 0.6 is 0 Å². The minimum atomic E-state index is 0.300. The second-order valence-corrected chi connectivity index (χ2v) is 6.59. The molecule has 3 nitrogen and oxygen atoms in total. The highest BCUT2D eigenvalue weighted by molar-refractivity contribution is 5.83. The standard InChI is InChI=1S/C15H26N2O/c1-10-5-4-8-17(13(10)9-16)15(18)14-11-6-2-3-7-12(11)14/h10-14H,2-9,16H2,1H3. The van der Waals surface area contributed by atoms with Crippen LogP contribution in [-0.4, -0.2) is 29.9 Å². The molecule has 0 spiro atoms. The largest absolute Gasteiger partial charge is 0.338 e. The molecule has 0 radical (unpaired) electrons. The predicted octanol–water partition coefficient (Wildman–Crippen LogP) is 2.01. The molecule has 0 aromatic rings. The molecule has 3 rings (SSSR count). The third kappa shape index (κ3) is 1.97. The van der Waals surface area contributed by atoms with Crippen LogP contribution < -0.4 is 5.73 Å². The highest BCUT2D eigenvalue weighted by atomic mass is 16.2. The Bertz CT molecular complexity index is 318. The Balaban J connectivity index is 1.68. The Labute approximate surface area is 110 Å². The second kappa shape index (κ2) is 4.84. The number of nitrogens with zero attached hydrogens (tertiary/aromatic N) is 1. The minimum absolute atomic E-state index is 0.300. The SMILES string of the molecule is CC1CCCN(C(=O)C2C3CCCCC32)C1CN. The fourth-order valence-corrected chi connectivity index (χ4v) is 4.43. The van der Waals surface area contributed by atoms with Gasteiger partial charge in [-0.3, -0.25) is 4.79 Å². The monoisotopic (exact) mass is 250 g/mol. The maximum Gasteiger partial charge on any atom is 0.226 e. The fourth-order valence-electron chi connectivity index (χ4n) is 4.43.